The number of hydrogen-bond acceptors (Lipinski definition) is 5. The summed E-state index contributed by atoms with van der Waals surface area (Å²) in [6.07, 6.45) is 0. The summed E-state index contributed by atoms with van der Waals surface area (Å²) < 4.78 is 5.04. The quantitative estimate of drug-likeness (QED) is 0.573. The number of nitrogens with zero attached hydrogens (tertiary/aromatic N) is 2. The first-order valence-electron chi connectivity index (χ1n) is 7.06. The van der Waals surface area contributed by atoms with E-state index in [9.17, 15) is 10.2 Å². The summed E-state index contributed by atoms with van der Waals surface area (Å²) in [5.74, 6) is 0.445. The van der Waals surface area contributed by atoms with E-state index in [1.165, 1.54) is 11.5 Å². The molecule has 0 aliphatic rings. The SMILES string of the molecule is Oc1cccc(-c2ccc(-c3cccc(O)c3)c3snnc23)c1. The van der Waals surface area contributed by atoms with Gasteiger partial charge in [0.2, 0.25) is 0 Å². The Kier molecular flexibility index (Phi) is 3.20. The minimum atomic E-state index is 0.218. The van der Waals surface area contributed by atoms with E-state index in [2.05, 4.69) is 9.59 Å². The lowest BCUT2D eigenvalue weighted by atomic mass is 9.99. The molecule has 0 aliphatic carbocycles. The normalized spacial score (nSPS) is 11.0. The highest BCUT2D eigenvalue weighted by Gasteiger charge is 2.13. The van der Waals surface area contributed by atoms with Crippen molar-refractivity contribution in [2.24, 2.45) is 0 Å². The molecule has 0 saturated heterocycles. The van der Waals surface area contributed by atoms with Gasteiger partial charge in [0, 0.05) is 11.1 Å². The number of aromatic hydroxyl groups is 2. The highest BCUT2D eigenvalue weighted by atomic mass is 32.1. The summed E-state index contributed by atoms with van der Waals surface area (Å²) >= 11 is 1.32. The second kappa shape index (κ2) is 5.37. The highest BCUT2D eigenvalue weighted by molar-refractivity contribution is 7.13. The van der Waals surface area contributed by atoms with E-state index < -0.39 is 0 Å². The lowest BCUT2D eigenvalue weighted by Gasteiger charge is -2.07. The Balaban J connectivity index is 1.95. The largest absolute Gasteiger partial charge is 0.508 e. The minimum absolute atomic E-state index is 0.218. The van der Waals surface area contributed by atoms with E-state index in [1.54, 1.807) is 30.3 Å². The molecule has 4 aromatic rings. The van der Waals surface area contributed by atoms with Crippen LogP contribution in [0.15, 0.2) is 60.7 Å². The maximum atomic E-state index is 9.70. The van der Waals surface area contributed by atoms with Crippen molar-refractivity contribution in [3.05, 3.63) is 60.7 Å². The molecule has 0 saturated carbocycles. The molecule has 0 unspecified atom stereocenters. The number of benzene rings is 3. The van der Waals surface area contributed by atoms with Gasteiger partial charge in [-0.3, -0.25) is 0 Å². The van der Waals surface area contributed by atoms with Crippen LogP contribution in [0.3, 0.4) is 0 Å². The van der Waals surface area contributed by atoms with Crippen molar-refractivity contribution in [2.75, 3.05) is 0 Å². The number of rotatable bonds is 2. The van der Waals surface area contributed by atoms with Gasteiger partial charge in [0.15, 0.2) is 0 Å². The van der Waals surface area contributed by atoms with Crippen molar-refractivity contribution < 1.29 is 10.2 Å². The summed E-state index contributed by atoms with van der Waals surface area (Å²) in [6, 6.07) is 18.2. The molecular weight excluding hydrogens is 308 g/mol. The molecule has 5 heteroatoms. The number of phenolic OH excluding ortho intramolecular Hbond substituents is 2. The second-order valence-corrected chi connectivity index (χ2v) is 5.97. The van der Waals surface area contributed by atoms with E-state index in [0.717, 1.165) is 32.5 Å². The molecule has 23 heavy (non-hydrogen) atoms. The maximum absolute atomic E-state index is 9.70. The monoisotopic (exact) mass is 320 g/mol. The zero-order valence-electron chi connectivity index (χ0n) is 12.0. The van der Waals surface area contributed by atoms with Crippen molar-refractivity contribution in [3.63, 3.8) is 0 Å². The van der Waals surface area contributed by atoms with Crippen LogP contribution in [0.25, 0.3) is 32.5 Å². The van der Waals surface area contributed by atoms with E-state index in [4.69, 9.17) is 0 Å². The first-order chi connectivity index (χ1) is 11.2. The molecule has 0 amide bonds. The molecule has 4 rings (SSSR count). The van der Waals surface area contributed by atoms with Gasteiger partial charge in [-0.25, -0.2) is 0 Å². The fraction of sp³-hybridized carbons (Fsp3) is 0. The van der Waals surface area contributed by atoms with Crippen molar-refractivity contribution in [2.45, 2.75) is 0 Å². The molecule has 112 valence electrons. The van der Waals surface area contributed by atoms with Gasteiger partial charge in [0.25, 0.3) is 0 Å². The molecule has 0 aliphatic heterocycles. The number of phenols is 2. The van der Waals surface area contributed by atoms with Crippen LogP contribution < -0.4 is 0 Å². The average Bonchev–Trinajstić information content (AvgIpc) is 3.03. The fourth-order valence-electron chi connectivity index (χ4n) is 2.67. The van der Waals surface area contributed by atoms with Crippen LogP contribution in [0.5, 0.6) is 11.5 Å². The van der Waals surface area contributed by atoms with E-state index in [1.807, 2.05) is 30.3 Å². The van der Waals surface area contributed by atoms with Crippen LogP contribution in [-0.4, -0.2) is 19.8 Å². The summed E-state index contributed by atoms with van der Waals surface area (Å²) in [6.45, 7) is 0. The minimum Gasteiger partial charge on any atom is -0.508 e. The summed E-state index contributed by atoms with van der Waals surface area (Å²) in [4.78, 5) is 0. The van der Waals surface area contributed by atoms with Gasteiger partial charge in [-0.15, -0.1) is 5.10 Å². The molecule has 0 atom stereocenters. The molecule has 0 radical (unpaired) electrons. The van der Waals surface area contributed by atoms with Crippen molar-refractivity contribution >= 4 is 21.7 Å². The maximum Gasteiger partial charge on any atom is 0.116 e. The van der Waals surface area contributed by atoms with Crippen LogP contribution in [0.2, 0.25) is 0 Å². The van der Waals surface area contributed by atoms with Crippen molar-refractivity contribution in [3.8, 4) is 33.8 Å². The molecule has 4 nitrogen and oxygen atoms in total. The van der Waals surface area contributed by atoms with Gasteiger partial charge in [-0.05, 0) is 46.9 Å². The van der Waals surface area contributed by atoms with Gasteiger partial charge < -0.3 is 10.2 Å². The van der Waals surface area contributed by atoms with Gasteiger partial charge in [-0.1, -0.05) is 40.9 Å². The van der Waals surface area contributed by atoms with E-state index >= 15 is 0 Å². The lowest BCUT2D eigenvalue weighted by molar-refractivity contribution is 0.475. The summed E-state index contributed by atoms with van der Waals surface area (Å²) in [5, 5.41) is 23.7. The van der Waals surface area contributed by atoms with Crippen molar-refractivity contribution in [1.29, 1.82) is 0 Å². The molecular formula is C18H12N2O2S. The van der Waals surface area contributed by atoms with Gasteiger partial charge in [0.1, 0.15) is 17.0 Å². The van der Waals surface area contributed by atoms with Gasteiger partial charge in [-0.2, -0.15) is 0 Å². The molecule has 0 bridgehead atoms. The first kappa shape index (κ1) is 13.7. The molecule has 0 fully saturated rings. The second-order valence-electron chi connectivity index (χ2n) is 5.21. The standard InChI is InChI=1S/C18H12N2O2S/c21-13-5-1-3-11(9-13)15-7-8-16(18-17(15)19-20-23-18)12-4-2-6-14(22)10-12/h1-10,21-22H. The Morgan fingerprint density at radius 3 is 2.00 bits per heavy atom. The summed E-state index contributed by atoms with van der Waals surface area (Å²) in [7, 11) is 0. The van der Waals surface area contributed by atoms with Crippen LogP contribution in [-0.2, 0) is 0 Å². The van der Waals surface area contributed by atoms with Crippen LogP contribution in [0.4, 0.5) is 0 Å². The van der Waals surface area contributed by atoms with E-state index in [0.29, 0.717) is 0 Å². The zero-order valence-corrected chi connectivity index (χ0v) is 12.8. The number of hydrogen-bond donors (Lipinski definition) is 2. The predicted molar refractivity (Wildman–Crippen MR) is 91.6 cm³/mol. The predicted octanol–water partition coefficient (Wildman–Crippen LogP) is 4.44. The third kappa shape index (κ3) is 2.41. The third-order valence-corrected chi connectivity index (χ3v) is 4.48. The Labute approximate surface area is 136 Å². The molecule has 1 heterocycles. The topological polar surface area (TPSA) is 66.2 Å². The number of fused-ring (bicyclic) bond motifs is 1. The molecule has 1 aromatic heterocycles. The third-order valence-electron chi connectivity index (χ3n) is 3.72. The van der Waals surface area contributed by atoms with Crippen LogP contribution in [0, 0.1) is 0 Å². The van der Waals surface area contributed by atoms with Crippen LogP contribution >= 0.6 is 11.5 Å². The van der Waals surface area contributed by atoms with Crippen LogP contribution in [0.1, 0.15) is 0 Å². The van der Waals surface area contributed by atoms with Gasteiger partial charge in [0.05, 0.1) is 4.70 Å². The Bertz CT molecular complexity index is 931. The average molecular weight is 320 g/mol. The fourth-order valence-corrected chi connectivity index (χ4v) is 3.40. The lowest BCUT2D eigenvalue weighted by Crippen LogP contribution is -1.84. The van der Waals surface area contributed by atoms with Crippen molar-refractivity contribution in [1.82, 2.24) is 9.59 Å². The first-order valence-corrected chi connectivity index (χ1v) is 7.83. The smallest absolute Gasteiger partial charge is 0.116 e. The Morgan fingerprint density at radius 2 is 1.35 bits per heavy atom. The van der Waals surface area contributed by atoms with E-state index in [-0.39, 0.29) is 11.5 Å². The van der Waals surface area contributed by atoms with Gasteiger partial charge >= 0.3 is 0 Å². The Hall–Kier alpha value is -2.92. The molecule has 3 aromatic carbocycles. The molecule has 2 N–H and O–H groups in total. The Morgan fingerprint density at radius 1 is 0.739 bits per heavy atom. The zero-order chi connectivity index (χ0) is 15.8. The highest BCUT2D eigenvalue weighted by Crippen LogP contribution is 2.37. The number of aromatic nitrogens is 2. The summed E-state index contributed by atoms with van der Waals surface area (Å²) in [5.41, 5.74) is 4.51. The molecule has 0 spiro atoms.